The summed E-state index contributed by atoms with van der Waals surface area (Å²) in [6.45, 7) is 0. The Labute approximate surface area is 115 Å². The molecule has 18 heavy (non-hydrogen) atoms. The van der Waals surface area contributed by atoms with Gasteiger partial charge in [-0.25, -0.2) is 4.98 Å². The molecule has 0 N–H and O–H groups in total. The van der Waals surface area contributed by atoms with E-state index in [2.05, 4.69) is 17.1 Å². The molecule has 3 rings (SSSR count). The molecule has 0 spiro atoms. The number of hydrogen-bond acceptors (Lipinski definition) is 2. The molecule has 0 aliphatic rings. The summed E-state index contributed by atoms with van der Waals surface area (Å²) in [6, 6.07) is 18.0. The van der Waals surface area contributed by atoms with Crippen molar-refractivity contribution in [3.8, 4) is 21.0 Å². The van der Waals surface area contributed by atoms with Gasteiger partial charge in [-0.1, -0.05) is 60.1 Å². The molecule has 2 aromatic carbocycles. The molecule has 0 aliphatic carbocycles. The third-order valence-electron chi connectivity index (χ3n) is 2.67. The normalized spacial score (nSPS) is 10.5. The number of nitrogens with zero attached hydrogens (tertiary/aromatic N) is 1. The first-order valence-electron chi connectivity index (χ1n) is 5.61. The fraction of sp³-hybridized carbons (Fsp3) is 0. The molecule has 0 bridgehead atoms. The first kappa shape index (κ1) is 11.5. The van der Waals surface area contributed by atoms with Crippen LogP contribution >= 0.6 is 22.9 Å². The molecular formula is C15H10ClNS. The van der Waals surface area contributed by atoms with Gasteiger partial charge in [0.25, 0.3) is 0 Å². The second-order valence-electron chi connectivity index (χ2n) is 3.88. The van der Waals surface area contributed by atoms with Crippen LogP contribution in [0.25, 0.3) is 21.0 Å². The molecule has 0 saturated carbocycles. The van der Waals surface area contributed by atoms with Crippen molar-refractivity contribution in [1.29, 1.82) is 0 Å². The van der Waals surface area contributed by atoms with Crippen LogP contribution in [0.3, 0.4) is 0 Å². The summed E-state index contributed by atoms with van der Waals surface area (Å²) in [5.74, 6) is 0. The summed E-state index contributed by atoms with van der Waals surface area (Å²) in [4.78, 5) is 5.62. The standard InChI is InChI=1S/C15H10ClNS/c16-13-9-5-4-8-12(13)15-17-10-14(18-15)11-6-2-1-3-7-11/h1-10H. The third kappa shape index (κ3) is 2.17. The minimum absolute atomic E-state index is 0.742. The third-order valence-corrected chi connectivity index (χ3v) is 4.08. The Morgan fingerprint density at radius 1 is 0.889 bits per heavy atom. The predicted octanol–water partition coefficient (Wildman–Crippen LogP) is 5.13. The summed E-state index contributed by atoms with van der Waals surface area (Å²) in [5.41, 5.74) is 2.18. The molecular weight excluding hydrogens is 262 g/mol. The van der Waals surface area contributed by atoms with Gasteiger partial charge in [0.15, 0.2) is 0 Å². The molecule has 1 heterocycles. The van der Waals surface area contributed by atoms with Crippen LogP contribution in [0.2, 0.25) is 5.02 Å². The van der Waals surface area contributed by atoms with E-state index in [-0.39, 0.29) is 0 Å². The van der Waals surface area contributed by atoms with Crippen molar-refractivity contribution in [2.24, 2.45) is 0 Å². The Hall–Kier alpha value is -1.64. The lowest BCUT2D eigenvalue weighted by atomic mass is 10.2. The van der Waals surface area contributed by atoms with Gasteiger partial charge in [-0.05, 0) is 11.6 Å². The average Bonchev–Trinajstić information content (AvgIpc) is 2.90. The van der Waals surface area contributed by atoms with E-state index in [1.54, 1.807) is 11.3 Å². The Kier molecular flexibility index (Phi) is 3.13. The molecule has 0 amide bonds. The minimum Gasteiger partial charge on any atom is -0.244 e. The Morgan fingerprint density at radius 3 is 2.39 bits per heavy atom. The molecule has 0 unspecified atom stereocenters. The van der Waals surface area contributed by atoms with Crippen LogP contribution in [0.15, 0.2) is 60.8 Å². The van der Waals surface area contributed by atoms with E-state index < -0.39 is 0 Å². The predicted molar refractivity (Wildman–Crippen MR) is 78.0 cm³/mol. The molecule has 1 aromatic heterocycles. The largest absolute Gasteiger partial charge is 0.244 e. The summed E-state index contributed by atoms with van der Waals surface area (Å²) >= 11 is 7.84. The fourth-order valence-corrected chi connectivity index (χ4v) is 3.01. The van der Waals surface area contributed by atoms with Crippen LogP contribution in [0, 0.1) is 0 Å². The lowest BCUT2D eigenvalue weighted by Gasteiger charge is -1.98. The van der Waals surface area contributed by atoms with Crippen LogP contribution in [-0.2, 0) is 0 Å². The molecule has 0 aliphatic heterocycles. The van der Waals surface area contributed by atoms with E-state index in [9.17, 15) is 0 Å². The van der Waals surface area contributed by atoms with E-state index in [1.807, 2.05) is 48.7 Å². The van der Waals surface area contributed by atoms with Crippen LogP contribution in [0.5, 0.6) is 0 Å². The van der Waals surface area contributed by atoms with Crippen molar-refractivity contribution in [2.75, 3.05) is 0 Å². The summed E-state index contributed by atoms with van der Waals surface area (Å²) < 4.78 is 0. The highest BCUT2D eigenvalue weighted by molar-refractivity contribution is 7.18. The van der Waals surface area contributed by atoms with Gasteiger partial charge in [0.2, 0.25) is 0 Å². The maximum atomic E-state index is 6.18. The van der Waals surface area contributed by atoms with Crippen LogP contribution < -0.4 is 0 Å². The highest BCUT2D eigenvalue weighted by Crippen LogP contribution is 2.34. The van der Waals surface area contributed by atoms with Gasteiger partial charge in [-0.15, -0.1) is 11.3 Å². The maximum Gasteiger partial charge on any atom is 0.125 e. The molecule has 0 radical (unpaired) electrons. The second-order valence-corrected chi connectivity index (χ2v) is 5.31. The Bertz CT molecular complexity index is 661. The highest BCUT2D eigenvalue weighted by Gasteiger charge is 2.08. The van der Waals surface area contributed by atoms with Crippen LogP contribution in [0.1, 0.15) is 0 Å². The Morgan fingerprint density at radius 2 is 1.61 bits per heavy atom. The van der Waals surface area contributed by atoms with Gasteiger partial charge < -0.3 is 0 Å². The van der Waals surface area contributed by atoms with Gasteiger partial charge in [-0.2, -0.15) is 0 Å². The number of aromatic nitrogens is 1. The van der Waals surface area contributed by atoms with Gasteiger partial charge >= 0.3 is 0 Å². The van der Waals surface area contributed by atoms with Crippen molar-refractivity contribution in [3.63, 3.8) is 0 Å². The Balaban J connectivity index is 2.03. The zero-order chi connectivity index (χ0) is 12.4. The molecule has 0 fully saturated rings. The fourth-order valence-electron chi connectivity index (χ4n) is 1.77. The number of benzene rings is 2. The van der Waals surface area contributed by atoms with Crippen molar-refractivity contribution in [1.82, 2.24) is 4.98 Å². The topological polar surface area (TPSA) is 12.9 Å². The first-order valence-corrected chi connectivity index (χ1v) is 6.80. The lowest BCUT2D eigenvalue weighted by Crippen LogP contribution is -1.75. The molecule has 0 saturated heterocycles. The monoisotopic (exact) mass is 271 g/mol. The first-order chi connectivity index (χ1) is 8.84. The molecule has 3 aromatic rings. The number of halogens is 1. The number of hydrogen-bond donors (Lipinski definition) is 0. The number of rotatable bonds is 2. The quantitative estimate of drug-likeness (QED) is 0.630. The number of thiazole rings is 1. The van der Waals surface area contributed by atoms with E-state index in [1.165, 1.54) is 5.56 Å². The van der Waals surface area contributed by atoms with Crippen LogP contribution in [0.4, 0.5) is 0 Å². The zero-order valence-corrected chi connectivity index (χ0v) is 11.1. The average molecular weight is 272 g/mol. The van der Waals surface area contributed by atoms with E-state index in [0.29, 0.717) is 0 Å². The van der Waals surface area contributed by atoms with Crippen molar-refractivity contribution in [3.05, 3.63) is 65.8 Å². The molecule has 1 nitrogen and oxygen atoms in total. The van der Waals surface area contributed by atoms with E-state index in [4.69, 9.17) is 11.6 Å². The second kappa shape index (κ2) is 4.92. The zero-order valence-electron chi connectivity index (χ0n) is 9.51. The maximum absolute atomic E-state index is 6.18. The SMILES string of the molecule is Clc1ccccc1-c1ncc(-c2ccccc2)s1. The molecule has 3 heteroatoms. The minimum atomic E-state index is 0.742. The lowest BCUT2D eigenvalue weighted by molar-refractivity contribution is 1.41. The molecule has 0 atom stereocenters. The van der Waals surface area contributed by atoms with Crippen molar-refractivity contribution < 1.29 is 0 Å². The van der Waals surface area contributed by atoms with E-state index >= 15 is 0 Å². The van der Waals surface area contributed by atoms with Crippen molar-refractivity contribution >= 4 is 22.9 Å². The van der Waals surface area contributed by atoms with Crippen molar-refractivity contribution in [2.45, 2.75) is 0 Å². The van der Waals surface area contributed by atoms with Gasteiger partial charge in [-0.3, -0.25) is 0 Å². The summed E-state index contributed by atoms with van der Waals surface area (Å²) in [7, 11) is 0. The van der Waals surface area contributed by atoms with Gasteiger partial charge in [0, 0.05) is 11.8 Å². The smallest absolute Gasteiger partial charge is 0.125 e. The highest BCUT2D eigenvalue weighted by atomic mass is 35.5. The van der Waals surface area contributed by atoms with Crippen LogP contribution in [-0.4, -0.2) is 4.98 Å². The summed E-state index contributed by atoms with van der Waals surface area (Å²) in [5, 5.41) is 1.70. The molecule has 88 valence electrons. The van der Waals surface area contributed by atoms with Gasteiger partial charge in [0.05, 0.1) is 9.90 Å². The van der Waals surface area contributed by atoms with Gasteiger partial charge in [0.1, 0.15) is 5.01 Å². The van der Waals surface area contributed by atoms with E-state index in [0.717, 1.165) is 20.5 Å². The summed E-state index contributed by atoms with van der Waals surface area (Å²) in [6.07, 6.45) is 1.90.